The number of imide groups is 1. The number of halogens is 2. The summed E-state index contributed by atoms with van der Waals surface area (Å²) in [6.45, 7) is 0.922. The van der Waals surface area contributed by atoms with Crippen LogP contribution in [0.1, 0.15) is 16.7 Å². The zero-order valence-corrected chi connectivity index (χ0v) is 20.4. The van der Waals surface area contributed by atoms with Gasteiger partial charge >= 0.3 is 0 Å². The minimum absolute atomic E-state index is 0.233. The fourth-order valence-electron chi connectivity index (χ4n) is 4.07. The van der Waals surface area contributed by atoms with E-state index in [-0.39, 0.29) is 11.1 Å². The highest BCUT2D eigenvalue weighted by molar-refractivity contribution is 8.18. The highest BCUT2D eigenvalue weighted by Crippen LogP contribution is 2.34. The number of hydrogen-bond acceptors (Lipinski definition) is 3. The minimum Gasteiger partial charge on any atom is -0.342 e. The highest BCUT2D eigenvalue weighted by Gasteiger charge is 2.34. The zero-order chi connectivity index (χ0) is 23.7. The summed E-state index contributed by atoms with van der Waals surface area (Å²) >= 11 is 13.4. The topological polar surface area (TPSA) is 42.3 Å². The summed E-state index contributed by atoms with van der Waals surface area (Å²) in [5.41, 5.74) is 3.94. The lowest BCUT2D eigenvalue weighted by molar-refractivity contribution is -0.122. The SMILES string of the molecule is O=C1S/C(=C\c2cn(Cc3ccc(Cl)cc3Cl)c3ccccc23)C(=O)N1CCc1ccccc1. The van der Waals surface area contributed by atoms with E-state index in [2.05, 4.69) is 4.57 Å². The summed E-state index contributed by atoms with van der Waals surface area (Å²) in [4.78, 5) is 27.4. The van der Waals surface area contributed by atoms with Crippen molar-refractivity contribution in [3.63, 3.8) is 0 Å². The lowest BCUT2D eigenvalue weighted by atomic mass is 10.1. The van der Waals surface area contributed by atoms with Gasteiger partial charge in [0, 0.05) is 45.8 Å². The molecular formula is C27H20Cl2N2O2S. The molecule has 0 saturated carbocycles. The summed E-state index contributed by atoms with van der Waals surface area (Å²) in [5.74, 6) is -0.247. The smallest absolute Gasteiger partial charge is 0.293 e. The molecule has 0 spiro atoms. The predicted octanol–water partition coefficient (Wildman–Crippen LogP) is 7.28. The van der Waals surface area contributed by atoms with Crippen LogP contribution in [0, 0.1) is 0 Å². The maximum atomic E-state index is 13.0. The predicted molar refractivity (Wildman–Crippen MR) is 140 cm³/mol. The second-order valence-electron chi connectivity index (χ2n) is 8.03. The molecule has 1 aliphatic heterocycles. The quantitative estimate of drug-likeness (QED) is 0.258. The molecule has 1 fully saturated rings. The van der Waals surface area contributed by atoms with Gasteiger partial charge in [-0.05, 0) is 53.6 Å². The number of carbonyl (C=O) groups is 2. The fourth-order valence-corrected chi connectivity index (χ4v) is 5.40. The van der Waals surface area contributed by atoms with Gasteiger partial charge in [0.05, 0.1) is 4.91 Å². The Kier molecular flexibility index (Phi) is 6.50. The van der Waals surface area contributed by atoms with Crippen molar-refractivity contribution >= 4 is 63.1 Å². The number of aromatic nitrogens is 1. The summed E-state index contributed by atoms with van der Waals surface area (Å²) in [6.07, 6.45) is 4.44. The van der Waals surface area contributed by atoms with E-state index in [4.69, 9.17) is 23.2 Å². The molecule has 34 heavy (non-hydrogen) atoms. The molecule has 2 amide bonds. The molecule has 0 unspecified atom stereocenters. The molecule has 170 valence electrons. The number of amides is 2. The largest absolute Gasteiger partial charge is 0.342 e. The number of hydrogen-bond donors (Lipinski definition) is 0. The Hall–Kier alpha value is -2.99. The number of carbonyl (C=O) groups excluding carboxylic acids is 2. The van der Waals surface area contributed by atoms with Gasteiger partial charge in [-0.15, -0.1) is 0 Å². The summed E-state index contributed by atoms with van der Waals surface area (Å²) in [6, 6.07) is 23.3. The maximum absolute atomic E-state index is 13.0. The molecule has 3 aromatic carbocycles. The Balaban J connectivity index is 1.42. The monoisotopic (exact) mass is 506 g/mol. The molecule has 1 aliphatic rings. The molecule has 2 heterocycles. The van der Waals surface area contributed by atoms with Crippen molar-refractivity contribution in [3.8, 4) is 0 Å². The van der Waals surface area contributed by atoms with Gasteiger partial charge in [-0.3, -0.25) is 14.5 Å². The molecule has 4 aromatic rings. The van der Waals surface area contributed by atoms with E-state index in [1.807, 2.05) is 79.0 Å². The number of nitrogens with zero attached hydrogens (tertiary/aromatic N) is 2. The Morgan fingerprint density at radius 1 is 0.912 bits per heavy atom. The molecule has 7 heteroatoms. The molecule has 0 atom stereocenters. The molecule has 1 saturated heterocycles. The Labute approximate surface area is 211 Å². The van der Waals surface area contributed by atoms with Crippen molar-refractivity contribution in [3.05, 3.63) is 111 Å². The van der Waals surface area contributed by atoms with Crippen molar-refractivity contribution < 1.29 is 9.59 Å². The van der Waals surface area contributed by atoms with E-state index < -0.39 is 0 Å². The van der Waals surface area contributed by atoms with Crippen LogP contribution in [0.4, 0.5) is 4.79 Å². The summed E-state index contributed by atoms with van der Waals surface area (Å²) in [5, 5.41) is 1.97. The van der Waals surface area contributed by atoms with E-state index >= 15 is 0 Å². The first-order valence-electron chi connectivity index (χ1n) is 10.8. The van der Waals surface area contributed by atoms with Crippen LogP contribution in [0.15, 0.2) is 83.9 Å². The van der Waals surface area contributed by atoms with E-state index in [1.165, 1.54) is 4.90 Å². The van der Waals surface area contributed by atoms with Crippen molar-refractivity contribution in [2.45, 2.75) is 13.0 Å². The zero-order valence-electron chi connectivity index (χ0n) is 18.1. The lowest BCUT2D eigenvalue weighted by Gasteiger charge is -2.12. The van der Waals surface area contributed by atoms with Gasteiger partial charge < -0.3 is 4.57 Å². The normalized spacial score (nSPS) is 15.1. The number of benzene rings is 3. The van der Waals surface area contributed by atoms with Crippen LogP contribution in [-0.2, 0) is 17.8 Å². The van der Waals surface area contributed by atoms with Gasteiger partial charge in [0.1, 0.15) is 0 Å². The van der Waals surface area contributed by atoms with Crippen LogP contribution < -0.4 is 0 Å². The van der Waals surface area contributed by atoms with Crippen molar-refractivity contribution in [1.29, 1.82) is 0 Å². The fraction of sp³-hybridized carbons (Fsp3) is 0.111. The standard InChI is InChI=1S/C27H20Cl2N2O2S/c28-21-11-10-19(23(29)15-21)16-30-17-20(22-8-4-5-9-24(22)30)14-25-26(32)31(27(33)34-25)13-12-18-6-2-1-3-7-18/h1-11,14-15,17H,12-13,16H2/b25-14-. The van der Waals surface area contributed by atoms with Crippen LogP contribution in [0.25, 0.3) is 17.0 Å². The minimum atomic E-state index is -0.247. The van der Waals surface area contributed by atoms with Gasteiger partial charge in [-0.2, -0.15) is 0 Å². The van der Waals surface area contributed by atoms with Gasteiger partial charge in [0.15, 0.2) is 0 Å². The first kappa shape index (κ1) is 22.8. The molecule has 0 bridgehead atoms. The van der Waals surface area contributed by atoms with E-state index in [0.717, 1.165) is 39.4 Å². The molecular weight excluding hydrogens is 487 g/mol. The van der Waals surface area contributed by atoms with Crippen LogP contribution in [0.2, 0.25) is 10.0 Å². The summed E-state index contributed by atoms with van der Waals surface area (Å²) < 4.78 is 2.09. The lowest BCUT2D eigenvalue weighted by Crippen LogP contribution is -2.30. The van der Waals surface area contributed by atoms with Crippen LogP contribution in [-0.4, -0.2) is 27.2 Å². The molecule has 0 radical (unpaired) electrons. The van der Waals surface area contributed by atoms with Gasteiger partial charge in [-0.1, -0.05) is 77.8 Å². The Morgan fingerprint density at radius 3 is 2.47 bits per heavy atom. The average Bonchev–Trinajstić information content (AvgIpc) is 3.31. The van der Waals surface area contributed by atoms with Crippen molar-refractivity contribution in [1.82, 2.24) is 9.47 Å². The van der Waals surface area contributed by atoms with Crippen LogP contribution in [0.3, 0.4) is 0 Å². The highest BCUT2D eigenvalue weighted by atomic mass is 35.5. The van der Waals surface area contributed by atoms with Crippen LogP contribution in [0.5, 0.6) is 0 Å². The molecule has 5 rings (SSSR count). The van der Waals surface area contributed by atoms with Gasteiger partial charge in [0.2, 0.25) is 0 Å². The first-order valence-corrected chi connectivity index (χ1v) is 12.4. The number of rotatable bonds is 6. The average molecular weight is 507 g/mol. The van der Waals surface area contributed by atoms with E-state index in [0.29, 0.717) is 34.5 Å². The van der Waals surface area contributed by atoms with Crippen LogP contribution >= 0.6 is 35.0 Å². The third-order valence-electron chi connectivity index (χ3n) is 5.80. The Morgan fingerprint density at radius 2 is 1.68 bits per heavy atom. The number of para-hydroxylation sites is 1. The third kappa shape index (κ3) is 4.64. The third-order valence-corrected chi connectivity index (χ3v) is 7.30. The summed E-state index contributed by atoms with van der Waals surface area (Å²) in [7, 11) is 0. The van der Waals surface area contributed by atoms with Crippen molar-refractivity contribution in [2.75, 3.05) is 6.54 Å². The number of thioether (sulfide) groups is 1. The van der Waals surface area contributed by atoms with Gasteiger partial charge in [-0.25, -0.2) is 0 Å². The van der Waals surface area contributed by atoms with Gasteiger partial charge in [0.25, 0.3) is 11.1 Å². The van der Waals surface area contributed by atoms with Crippen molar-refractivity contribution in [2.24, 2.45) is 0 Å². The number of fused-ring (bicyclic) bond motifs is 1. The molecule has 1 aromatic heterocycles. The Bertz CT molecular complexity index is 1430. The second kappa shape index (κ2) is 9.71. The van der Waals surface area contributed by atoms with E-state index in [9.17, 15) is 9.59 Å². The maximum Gasteiger partial charge on any atom is 0.293 e. The second-order valence-corrected chi connectivity index (χ2v) is 9.87. The molecule has 0 aliphatic carbocycles. The van der Waals surface area contributed by atoms with E-state index in [1.54, 1.807) is 6.07 Å². The first-order chi connectivity index (χ1) is 16.5. The molecule has 4 nitrogen and oxygen atoms in total. The molecule has 0 N–H and O–H groups in total.